The van der Waals surface area contributed by atoms with E-state index in [0.29, 0.717) is 34.5 Å². The summed E-state index contributed by atoms with van der Waals surface area (Å²) in [7, 11) is 0. The van der Waals surface area contributed by atoms with E-state index in [0.717, 1.165) is 23.8 Å². The van der Waals surface area contributed by atoms with Crippen LogP contribution in [-0.4, -0.2) is 18.5 Å². The summed E-state index contributed by atoms with van der Waals surface area (Å²) in [6, 6.07) is 14.1. The number of nitrogens with one attached hydrogen (secondary N) is 1. The SMILES string of the molecule is NCC(NC(=O)c1oc2ccccc2c1CSc1ccccc1F)C1CC1. The number of hydrogen-bond donors (Lipinski definition) is 2. The maximum absolute atomic E-state index is 14.0. The van der Waals surface area contributed by atoms with E-state index in [-0.39, 0.29) is 17.8 Å². The van der Waals surface area contributed by atoms with Crippen LogP contribution in [-0.2, 0) is 5.75 Å². The second kappa shape index (κ2) is 7.74. The van der Waals surface area contributed by atoms with Crippen LogP contribution in [0.1, 0.15) is 29.0 Å². The lowest BCUT2D eigenvalue weighted by molar-refractivity contribution is 0.0906. The third-order valence-electron chi connectivity index (χ3n) is 4.87. The minimum absolute atomic E-state index is 0.0298. The summed E-state index contributed by atoms with van der Waals surface area (Å²) in [6.45, 7) is 0.413. The van der Waals surface area contributed by atoms with Crippen LogP contribution in [0.3, 0.4) is 0 Å². The lowest BCUT2D eigenvalue weighted by Gasteiger charge is -2.15. The standard InChI is InChI=1S/C21H21FN2O2S/c22-16-6-2-4-8-19(16)27-12-15-14-5-1-3-7-18(14)26-20(15)21(25)24-17(11-23)13-9-10-13/h1-8,13,17H,9-12,23H2,(H,24,25). The molecular weight excluding hydrogens is 363 g/mol. The number of amides is 1. The Balaban J connectivity index is 1.62. The lowest BCUT2D eigenvalue weighted by atomic mass is 10.1. The summed E-state index contributed by atoms with van der Waals surface area (Å²) in [5.74, 6) is 0.673. The Morgan fingerprint density at radius 2 is 1.96 bits per heavy atom. The van der Waals surface area contributed by atoms with Crippen LogP contribution >= 0.6 is 11.8 Å². The van der Waals surface area contributed by atoms with Gasteiger partial charge in [-0.25, -0.2) is 4.39 Å². The van der Waals surface area contributed by atoms with Gasteiger partial charge in [0.1, 0.15) is 11.4 Å². The van der Waals surface area contributed by atoms with Gasteiger partial charge in [-0.2, -0.15) is 0 Å². The van der Waals surface area contributed by atoms with Crippen molar-refractivity contribution in [3.8, 4) is 0 Å². The van der Waals surface area contributed by atoms with Gasteiger partial charge in [-0.3, -0.25) is 4.79 Å². The number of nitrogens with two attached hydrogens (primary N) is 1. The zero-order valence-electron chi connectivity index (χ0n) is 14.8. The minimum Gasteiger partial charge on any atom is -0.451 e. The molecule has 3 N–H and O–H groups in total. The highest BCUT2D eigenvalue weighted by molar-refractivity contribution is 7.98. The van der Waals surface area contributed by atoms with Crippen LogP contribution < -0.4 is 11.1 Å². The van der Waals surface area contributed by atoms with E-state index < -0.39 is 0 Å². The van der Waals surface area contributed by atoms with Crippen molar-refractivity contribution in [3.05, 3.63) is 65.7 Å². The fourth-order valence-electron chi connectivity index (χ4n) is 3.24. The maximum Gasteiger partial charge on any atom is 0.287 e. The monoisotopic (exact) mass is 384 g/mol. The summed E-state index contributed by atoms with van der Waals surface area (Å²) in [6.07, 6.45) is 2.19. The van der Waals surface area contributed by atoms with Gasteiger partial charge in [0.25, 0.3) is 5.91 Å². The first-order valence-electron chi connectivity index (χ1n) is 9.06. The number of furan rings is 1. The van der Waals surface area contributed by atoms with Gasteiger partial charge >= 0.3 is 0 Å². The second-order valence-electron chi connectivity index (χ2n) is 6.78. The molecule has 1 aliphatic carbocycles. The number of hydrogen-bond acceptors (Lipinski definition) is 4. The molecule has 1 saturated carbocycles. The highest BCUT2D eigenvalue weighted by Crippen LogP contribution is 2.35. The van der Waals surface area contributed by atoms with Crippen molar-refractivity contribution in [2.45, 2.75) is 29.5 Å². The normalized spacial score (nSPS) is 15.0. The summed E-state index contributed by atoms with van der Waals surface area (Å²) >= 11 is 1.35. The molecule has 0 bridgehead atoms. The van der Waals surface area contributed by atoms with Crippen LogP contribution in [0.4, 0.5) is 4.39 Å². The number of carbonyl (C=O) groups is 1. The summed E-state index contributed by atoms with van der Waals surface area (Å²) in [4.78, 5) is 13.4. The third-order valence-corrected chi connectivity index (χ3v) is 5.95. The quantitative estimate of drug-likeness (QED) is 0.595. The van der Waals surface area contributed by atoms with E-state index in [9.17, 15) is 9.18 Å². The van der Waals surface area contributed by atoms with Gasteiger partial charge in [-0.15, -0.1) is 11.8 Å². The molecule has 1 unspecified atom stereocenters. The van der Waals surface area contributed by atoms with Crippen molar-refractivity contribution in [2.75, 3.05) is 6.54 Å². The third kappa shape index (κ3) is 3.87. The molecule has 27 heavy (non-hydrogen) atoms. The smallest absolute Gasteiger partial charge is 0.287 e. The molecule has 1 aliphatic rings. The molecule has 4 rings (SSSR count). The number of halogens is 1. The van der Waals surface area contributed by atoms with Gasteiger partial charge in [-0.1, -0.05) is 30.3 Å². The van der Waals surface area contributed by atoms with Crippen molar-refractivity contribution in [2.24, 2.45) is 11.7 Å². The van der Waals surface area contributed by atoms with Crippen molar-refractivity contribution >= 4 is 28.6 Å². The molecule has 0 aliphatic heterocycles. The molecule has 1 fully saturated rings. The fraction of sp³-hybridized carbons (Fsp3) is 0.286. The average Bonchev–Trinajstić information content (AvgIpc) is 3.46. The number of rotatable bonds is 7. The molecule has 3 aromatic rings. The van der Waals surface area contributed by atoms with E-state index >= 15 is 0 Å². The molecule has 4 nitrogen and oxygen atoms in total. The van der Waals surface area contributed by atoms with Crippen molar-refractivity contribution in [3.63, 3.8) is 0 Å². The zero-order valence-corrected chi connectivity index (χ0v) is 15.6. The Bertz CT molecular complexity index is 968. The molecule has 1 atom stereocenters. The lowest BCUT2D eigenvalue weighted by Crippen LogP contribution is -2.41. The Kier molecular flexibility index (Phi) is 5.18. The Morgan fingerprint density at radius 3 is 2.70 bits per heavy atom. The van der Waals surface area contributed by atoms with Crippen LogP contribution in [0.25, 0.3) is 11.0 Å². The van der Waals surface area contributed by atoms with E-state index in [4.69, 9.17) is 10.2 Å². The molecule has 1 amide bonds. The van der Waals surface area contributed by atoms with Crippen LogP contribution in [0.15, 0.2) is 57.8 Å². The van der Waals surface area contributed by atoms with Gasteiger partial charge in [0.2, 0.25) is 0 Å². The molecule has 6 heteroatoms. The average molecular weight is 384 g/mol. The van der Waals surface area contributed by atoms with Crippen LogP contribution in [0.2, 0.25) is 0 Å². The van der Waals surface area contributed by atoms with Crippen molar-refractivity contribution < 1.29 is 13.6 Å². The first kappa shape index (κ1) is 18.1. The summed E-state index contributed by atoms with van der Waals surface area (Å²) in [5, 5.41) is 3.89. The zero-order chi connectivity index (χ0) is 18.8. The van der Waals surface area contributed by atoms with Gasteiger partial charge < -0.3 is 15.5 Å². The molecule has 140 valence electrons. The van der Waals surface area contributed by atoms with E-state index in [2.05, 4.69) is 5.32 Å². The van der Waals surface area contributed by atoms with E-state index in [1.807, 2.05) is 24.3 Å². The van der Waals surface area contributed by atoms with Gasteiger partial charge in [0.05, 0.1) is 0 Å². The number of benzene rings is 2. The van der Waals surface area contributed by atoms with Crippen LogP contribution in [0.5, 0.6) is 0 Å². The Morgan fingerprint density at radius 1 is 1.22 bits per heavy atom. The van der Waals surface area contributed by atoms with E-state index in [1.165, 1.54) is 17.8 Å². The molecular formula is C21H21FN2O2S. The fourth-order valence-corrected chi connectivity index (χ4v) is 4.21. The van der Waals surface area contributed by atoms with Gasteiger partial charge in [0, 0.05) is 34.2 Å². The highest BCUT2D eigenvalue weighted by Gasteiger charge is 2.32. The largest absolute Gasteiger partial charge is 0.451 e. The number of para-hydroxylation sites is 1. The first-order valence-corrected chi connectivity index (χ1v) is 10.0. The molecule has 0 spiro atoms. The molecule has 2 aromatic carbocycles. The highest BCUT2D eigenvalue weighted by atomic mass is 32.2. The Labute approximate surface area is 161 Å². The predicted molar refractivity (Wildman–Crippen MR) is 105 cm³/mol. The van der Waals surface area contributed by atoms with Crippen LogP contribution in [0, 0.1) is 11.7 Å². The number of fused-ring (bicyclic) bond motifs is 1. The number of thioether (sulfide) groups is 1. The molecule has 1 heterocycles. The first-order chi connectivity index (χ1) is 13.2. The molecule has 0 saturated heterocycles. The Hall–Kier alpha value is -2.31. The van der Waals surface area contributed by atoms with Gasteiger partial charge in [-0.05, 0) is 37.0 Å². The summed E-state index contributed by atoms with van der Waals surface area (Å²) < 4.78 is 19.8. The maximum atomic E-state index is 14.0. The van der Waals surface area contributed by atoms with Gasteiger partial charge in [0.15, 0.2) is 5.76 Å². The summed E-state index contributed by atoms with van der Waals surface area (Å²) in [5.41, 5.74) is 7.25. The van der Waals surface area contributed by atoms with Crippen molar-refractivity contribution in [1.29, 1.82) is 0 Å². The predicted octanol–water partition coefficient (Wildman–Crippen LogP) is 4.33. The topological polar surface area (TPSA) is 68.3 Å². The van der Waals surface area contributed by atoms with E-state index in [1.54, 1.807) is 18.2 Å². The van der Waals surface area contributed by atoms with Crippen molar-refractivity contribution in [1.82, 2.24) is 5.32 Å². The molecule has 0 radical (unpaired) electrons. The minimum atomic E-state index is -0.266. The molecule has 1 aromatic heterocycles. The number of carbonyl (C=O) groups excluding carboxylic acids is 1. The second-order valence-corrected chi connectivity index (χ2v) is 7.80.